The second-order valence-electron chi connectivity index (χ2n) is 7.04. The quantitative estimate of drug-likeness (QED) is 0.768. The van der Waals surface area contributed by atoms with Gasteiger partial charge in [0.2, 0.25) is 6.79 Å². The Labute approximate surface area is 174 Å². The van der Waals surface area contributed by atoms with Crippen molar-refractivity contribution in [3.05, 3.63) is 47.5 Å². The Bertz CT molecular complexity index is 938. The molecule has 158 valence electrons. The molecular formula is C22H24N2O6. The summed E-state index contributed by atoms with van der Waals surface area (Å²) < 4.78 is 21.4. The molecule has 0 unspecified atom stereocenters. The average molecular weight is 412 g/mol. The van der Waals surface area contributed by atoms with Crippen LogP contribution in [0.5, 0.6) is 23.0 Å². The van der Waals surface area contributed by atoms with Crippen molar-refractivity contribution >= 4 is 11.8 Å². The van der Waals surface area contributed by atoms with Crippen LogP contribution in [0.1, 0.15) is 27.1 Å². The third kappa shape index (κ3) is 3.72. The number of hydrogen-bond donors (Lipinski definition) is 0. The van der Waals surface area contributed by atoms with Gasteiger partial charge < -0.3 is 28.7 Å². The molecule has 0 bridgehead atoms. The Morgan fingerprint density at radius 1 is 0.833 bits per heavy atom. The van der Waals surface area contributed by atoms with Crippen LogP contribution < -0.4 is 18.9 Å². The second kappa shape index (κ2) is 8.52. The van der Waals surface area contributed by atoms with Gasteiger partial charge in [0, 0.05) is 31.7 Å². The molecule has 0 radical (unpaired) electrons. The predicted octanol–water partition coefficient (Wildman–Crippen LogP) is 2.42. The maximum Gasteiger partial charge on any atom is 0.261 e. The molecule has 0 saturated carbocycles. The van der Waals surface area contributed by atoms with Crippen LogP contribution in [0.4, 0.5) is 0 Å². The predicted molar refractivity (Wildman–Crippen MR) is 109 cm³/mol. The molecular weight excluding hydrogens is 388 g/mol. The summed E-state index contributed by atoms with van der Waals surface area (Å²) in [4.78, 5) is 29.7. The van der Waals surface area contributed by atoms with Crippen molar-refractivity contribution in [3.8, 4) is 23.0 Å². The highest BCUT2D eigenvalue weighted by molar-refractivity contribution is 6.00. The van der Waals surface area contributed by atoms with E-state index in [1.165, 1.54) is 14.2 Å². The first-order valence-corrected chi connectivity index (χ1v) is 9.81. The molecule has 2 amide bonds. The van der Waals surface area contributed by atoms with Gasteiger partial charge >= 0.3 is 0 Å². The van der Waals surface area contributed by atoms with Gasteiger partial charge in [-0.3, -0.25) is 9.59 Å². The minimum Gasteiger partial charge on any atom is -0.496 e. The van der Waals surface area contributed by atoms with Crippen LogP contribution in [-0.4, -0.2) is 68.8 Å². The number of carbonyl (C=O) groups is 2. The number of benzene rings is 2. The summed E-state index contributed by atoms with van der Waals surface area (Å²) in [6.45, 7) is 2.15. The van der Waals surface area contributed by atoms with Gasteiger partial charge in [-0.2, -0.15) is 0 Å². The van der Waals surface area contributed by atoms with Gasteiger partial charge in [-0.15, -0.1) is 0 Å². The molecule has 4 rings (SSSR count). The monoisotopic (exact) mass is 412 g/mol. The lowest BCUT2D eigenvalue weighted by atomic mass is 10.1. The molecule has 2 heterocycles. The maximum atomic E-state index is 13.2. The summed E-state index contributed by atoms with van der Waals surface area (Å²) in [7, 11) is 3.06. The van der Waals surface area contributed by atoms with Crippen molar-refractivity contribution in [2.75, 3.05) is 47.2 Å². The molecule has 0 spiro atoms. The van der Waals surface area contributed by atoms with Crippen LogP contribution in [-0.2, 0) is 0 Å². The molecule has 1 saturated heterocycles. The number of hydrogen-bond acceptors (Lipinski definition) is 6. The summed E-state index contributed by atoms with van der Waals surface area (Å²) in [6.07, 6.45) is 0.680. The van der Waals surface area contributed by atoms with E-state index < -0.39 is 0 Å². The van der Waals surface area contributed by atoms with Crippen LogP contribution in [0.3, 0.4) is 0 Å². The van der Waals surface area contributed by atoms with E-state index in [0.29, 0.717) is 66.7 Å². The van der Waals surface area contributed by atoms with E-state index >= 15 is 0 Å². The van der Waals surface area contributed by atoms with Crippen LogP contribution >= 0.6 is 0 Å². The van der Waals surface area contributed by atoms with Crippen molar-refractivity contribution in [1.29, 1.82) is 0 Å². The van der Waals surface area contributed by atoms with E-state index in [9.17, 15) is 9.59 Å². The largest absolute Gasteiger partial charge is 0.496 e. The van der Waals surface area contributed by atoms with Gasteiger partial charge in [0.25, 0.3) is 11.8 Å². The standard InChI is InChI=1S/C22H24N2O6/c1-27-17-5-3-6-18(28-2)20(17)22(26)24-10-4-9-23(11-12-24)21(25)15-7-8-16-19(13-15)30-14-29-16/h3,5-8,13H,4,9-12,14H2,1-2H3. The number of methoxy groups -OCH3 is 2. The first-order valence-electron chi connectivity index (χ1n) is 9.81. The molecule has 1 fully saturated rings. The molecule has 0 atom stereocenters. The zero-order valence-corrected chi connectivity index (χ0v) is 17.1. The lowest BCUT2D eigenvalue weighted by Gasteiger charge is -2.23. The highest BCUT2D eigenvalue weighted by Crippen LogP contribution is 2.33. The SMILES string of the molecule is COc1cccc(OC)c1C(=O)N1CCCN(C(=O)c2ccc3c(c2)OCO3)CC1. The normalized spacial score (nSPS) is 15.5. The third-order valence-electron chi connectivity index (χ3n) is 5.33. The highest BCUT2D eigenvalue weighted by atomic mass is 16.7. The summed E-state index contributed by atoms with van der Waals surface area (Å²) in [6, 6.07) is 10.5. The molecule has 0 aromatic heterocycles. The van der Waals surface area contributed by atoms with E-state index in [0.717, 1.165) is 0 Å². The van der Waals surface area contributed by atoms with E-state index in [1.54, 1.807) is 46.2 Å². The summed E-state index contributed by atoms with van der Waals surface area (Å²) in [5.74, 6) is 1.91. The second-order valence-corrected chi connectivity index (χ2v) is 7.04. The average Bonchev–Trinajstić information content (AvgIpc) is 3.12. The molecule has 0 N–H and O–H groups in total. The number of nitrogens with zero attached hydrogens (tertiary/aromatic N) is 2. The van der Waals surface area contributed by atoms with Crippen molar-refractivity contribution in [1.82, 2.24) is 9.80 Å². The molecule has 8 heteroatoms. The molecule has 2 aromatic carbocycles. The Hall–Kier alpha value is -3.42. The number of amides is 2. The zero-order valence-electron chi connectivity index (χ0n) is 17.1. The van der Waals surface area contributed by atoms with Crippen LogP contribution in [0.2, 0.25) is 0 Å². The van der Waals surface area contributed by atoms with Gasteiger partial charge in [-0.25, -0.2) is 0 Å². The zero-order chi connectivity index (χ0) is 21.1. The minimum atomic E-state index is -0.165. The Morgan fingerprint density at radius 2 is 1.47 bits per heavy atom. The highest BCUT2D eigenvalue weighted by Gasteiger charge is 2.28. The van der Waals surface area contributed by atoms with Gasteiger partial charge in [0.15, 0.2) is 11.5 Å². The van der Waals surface area contributed by atoms with Gasteiger partial charge in [-0.05, 0) is 36.8 Å². The van der Waals surface area contributed by atoms with Crippen LogP contribution in [0.15, 0.2) is 36.4 Å². The topological polar surface area (TPSA) is 77.5 Å². The summed E-state index contributed by atoms with van der Waals surface area (Å²) in [5, 5.41) is 0. The fraction of sp³-hybridized carbons (Fsp3) is 0.364. The molecule has 30 heavy (non-hydrogen) atoms. The summed E-state index contributed by atoms with van der Waals surface area (Å²) in [5.41, 5.74) is 0.948. The Morgan fingerprint density at radius 3 is 2.13 bits per heavy atom. The first kappa shape index (κ1) is 19.9. The van der Waals surface area contributed by atoms with Crippen molar-refractivity contribution in [2.45, 2.75) is 6.42 Å². The number of fused-ring (bicyclic) bond motifs is 1. The maximum absolute atomic E-state index is 13.2. The Kier molecular flexibility index (Phi) is 5.65. The number of ether oxygens (including phenoxy) is 4. The lowest BCUT2D eigenvalue weighted by molar-refractivity contribution is 0.0714. The minimum absolute atomic E-state index is 0.0857. The van der Waals surface area contributed by atoms with Crippen LogP contribution in [0, 0.1) is 0 Å². The molecule has 2 aromatic rings. The van der Waals surface area contributed by atoms with Crippen LogP contribution in [0.25, 0.3) is 0 Å². The fourth-order valence-corrected chi connectivity index (χ4v) is 3.76. The van der Waals surface area contributed by atoms with Crippen molar-refractivity contribution < 1.29 is 28.5 Å². The molecule has 8 nitrogen and oxygen atoms in total. The van der Waals surface area contributed by atoms with E-state index in [-0.39, 0.29) is 18.6 Å². The molecule has 0 aliphatic carbocycles. The fourth-order valence-electron chi connectivity index (χ4n) is 3.76. The molecule has 2 aliphatic heterocycles. The number of carbonyl (C=O) groups excluding carboxylic acids is 2. The van der Waals surface area contributed by atoms with E-state index in [1.807, 2.05) is 0 Å². The van der Waals surface area contributed by atoms with Gasteiger partial charge in [-0.1, -0.05) is 6.07 Å². The first-order chi connectivity index (χ1) is 14.6. The molecule has 2 aliphatic rings. The van der Waals surface area contributed by atoms with Crippen molar-refractivity contribution in [3.63, 3.8) is 0 Å². The Balaban J connectivity index is 1.48. The smallest absolute Gasteiger partial charge is 0.261 e. The third-order valence-corrected chi connectivity index (χ3v) is 5.33. The lowest BCUT2D eigenvalue weighted by Crippen LogP contribution is -2.37. The van der Waals surface area contributed by atoms with Gasteiger partial charge in [0.05, 0.1) is 14.2 Å². The van der Waals surface area contributed by atoms with E-state index in [2.05, 4.69) is 0 Å². The van der Waals surface area contributed by atoms with E-state index in [4.69, 9.17) is 18.9 Å². The van der Waals surface area contributed by atoms with Crippen molar-refractivity contribution in [2.24, 2.45) is 0 Å². The number of rotatable bonds is 4. The van der Waals surface area contributed by atoms with Gasteiger partial charge in [0.1, 0.15) is 17.1 Å². The summed E-state index contributed by atoms with van der Waals surface area (Å²) >= 11 is 0.